The number of nitrogens with zero attached hydrogens (tertiary/aromatic N) is 6. The molecule has 1 atom stereocenters. The predicted molar refractivity (Wildman–Crippen MR) is 133 cm³/mol. The van der Waals surface area contributed by atoms with Gasteiger partial charge in [0, 0.05) is 30.5 Å². The van der Waals surface area contributed by atoms with Gasteiger partial charge >= 0.3 is 0 Å². The zero-order valence-corrected chi connectivity index (χ0v) is 19.9. The third kappa shape index (κ3) is 5.34. The number of pyridine rings is 1. The van der Waals surface area contributed by atoms with E-state index in [2.05, 4.69) is 78.6 Å². The summed E-state index contributed by atoms with van der Waals surface area (Å²) in [7, 11) is 0. The van der Waals surface area contributed by atoms with Gasteiger partial charge in [-0.1, -0.05) is 79.4 Å². The quantitative estimate of drug-likeness (QED) is 0.314. The van der Waals surface area contributed by atoms with Crippen LogP contribution in [0.3, 0.4) is 0 Å². The minimum atomic E-state index is -0.130. The van der Waals surface area contributed by atoms with E-state index in [0.29, 0.717) is 12.6 Å². The summed E-state index contributed by atoms with van der Waals surface area (Å²) >= 11 is 6.27. The Morgan fingerprint density at radius 1 is 0.882 bits per heavy atom. The molecule has 0 radical (unpaired) electrons. The summed E-state index contributed by atoms with van der Waals surface area (Å²) < 4.78 is 2.08. The van der Waals surface area contributed by atoms with Gasteiger partial charge in [0.25, 0.3) is 0 Å². The largest absolute Gasteiger partial charge is 0.281 e. The van der Waals surface area contributed by atoms with Crippen molar-refractivity contribution in [2.75, 3.05) is 0 Å². The Morgan fingerprint density at radius 2 is 1.62 bits per heavy atom. The summed E-state index contributed by atoms with van der Waals surface area (Å²) in [6, 6.07) is 22.9. The van der Waals surface area contributed by atoms with Gasteiger partial charge < -0.3 is 0 Å². The fourth-order valence-corrected chi connectivity index (χ4v) is 5.04. The fraction of sp³-hybridized carbons (Fsp3) is 0.333. The minimum absolute atomic E-state index is 0.130. The average molecular weight is 473 g/mol. The average Bonchev–Trinajstić information content (AvgIpc) is 3.36. The Labute approximate surface area is 205 Å². The molecule has 0 saturated heterocycles. The van der Waals surface area contributed by atoms with Crippen molar-refractivity contribution >= 4 is 11.6 Å². The van der Waals surface area contributed by atoms with Crippen LogP contribution in [-0.4, -0.2) is 30.1 Å². The summed E-state index contributed by atoms with van der Waals surface area (Å²) in [5.74, 6) is 0.883. The van der Waals surface area contributed by atoms with E-state index in [1.807, 2.05) is 30.6 Å². The first-order valence-corrected chi connectivity index (χ1v) is 12.4. The topological polar surface area (TPSA) is 59.7 Å². The number of hydrogen-bond acceptors (Lipinski definition) is 5. The van der Waals surface area contributed by atoms with Crippen LogP contribution in [0.15, 0.2) is 79.1 Å². The highest BCUT2D eigenvalue weighted by molar-refractivity contribution is 6.30. The van der Waals surface area contributed by atoms with Gasteiger partial charge in [-0.15, -0.1) is 5.10 Å². The van der Waals surface area contributed by atoms with Gasteiger partial charge in [-0.3, -0.25) is 9.88 Å². The Hall–Kier alpha value is -3.09. The maximum atomic E-state index is 6.27. The molecule has 2 aromatic heterocycles. The Bertz CT molecular complexity index is 1120. The molecule has 0 unspecified atom stereocenters. The summed E-state index contributed by atoms with van der Waals surface area (Å²) in [6.45, 7) is 1.47. The van der Waals surface area contributed by atoms with Crippen LogP contribution < -0.4 is 0 Å². The predicted octanol–water partition coefficient (Wildman–Crippen LogP) is 6.02. The van der Waals surface area contributed by atoms with E-state index in [4.69, 9.17) is 11.6 Å². The van der Waals surface area contributed by atoms with Crippen LogP contribution in [0.25, 0.3) is 0 Å². The van der Waals surface area contributed by atoms with Crippen LogP contribution in [0.5, 0.6) is 0 Å². The van der Waals surface area contributed by atoms with Gasteiger partial charge in [-0.05, 0) is 58.2 Å². The SMILES string of the molecule is Clc1ccc([C@H](c2nnnn2C2CCCCC2)N(Cc2ccccc2)Cc2cccnc2)cc1. The lowest BCUT2D eigenvalue weighted by Crippen LogP contribution is -2.32. The molecule has 5 rings (SSSR count). The lowest BCUT2D eigenvalue weighted by atomic mass is 9.95. The van der Waals surface area contributed by atoms with Gasteiger partial charge in [-0.25, -0.2) is 4.68 Å². The fourth-order valence-electron chi connectivity index (χ4n) is 4.92. The highest BCUT2D eigenvalue weighted by Crippen LogP contribution is 2.35. The van der Waals surface area contributed by atoms with E-state index in [-0.39, 0.29) is 6.04 Å². The second kappa shape index (κ2) is 10.9. The Morgan fingerprint density at radius 3 is 2.35 bits per heavy atom. The maximum absolute atomic E-state index is 6.27. The Kier molecular flexibility index (Phi) is 7.27. The van der Waals surface area contributed by atoms with Crippen LogP contribution in [-0.2, 0) is 13.1 Å². The van der Waals surface area contributed by atoms with Crippen molar-refractivity contribution in [2.45, 2.75) is 57.3 Å². The first-order valence-electron chi connectivity index (χ1n) is 12.0. The number of tetrazole rings is 1. The van der Waals surface area contributed by atoms with E-state index in [1.54, 1.807) is 0 Å². The van der Waals surface area contributed by atoms with Gasteiger partial charge in [0.2, 0.25) is 0 Å². The molecule has 1 fully saturated rings. The highest BCUT2D eigenvalue weighted by atomic mass is 35.5. The molecular weight excluding hydrogens is 444 g/mol. The Balaban J connectivity index is 1.59. The first kappa shape index (κ1) is 22.7. The number of halogens is 1. The molecule has 2 aromatic carbocycles. The molecule has 0 amide bonds. The van der Waals surface area contributed by atoms with Crippen molar-refractivity contribution < 1.29 is 0 Å². The third-order valence-corrected chi connectivity index (χ3v) is 6.82. The number of hydrogen-bond donors (Lipinski definition) is 0. The molecule has 0 spiro atoms. The van der Waals surface area contributed by atoms with Gasteiger partial charge in [0.15, 0.2) is 5.82 Å². The zero-order valence-electron chi connectivity index (χ0n) is 19.2. The lowest BCUT2D eigenvalue weighted by molar-refractivity contribution is 0.187. The molecule has 0 bridgehead atoms. The zero-order chi connectivity index (χ0) is 23.2. The highest BCUT2D eigenvalue weighted by Gasteiger charge is 2.31. The van der Waals surface area contributed by atoms with Gasteiger partial charge in [-0.2, -0.15) is 0 Å². The number of aromatic nitrogens is 5. The van der Waals surface area contributed by atoms with Crippen molar-refractivity contribution in [3.63, 3.8) is 0 Å². The molecule has 34 heavy (non-hydrogen) atoms. The molecule has 4 aromatic rings. The molecule has 6 nitrogen and oxygen atoms in total. The minimum Gasteiger partial charge on any atom is -0.281 e. The van der Waals surface area contributed by atoms with Crippen LogP contribution in [0.2, 0.25) is 5.02 Å². The summed E-state index contributed by atoms with van der Waals surface area (Å²) in [5.41, 5.74) is 3.51. The van der Waals surface area contributed by atoms with Crippen molar-refractivity contribution in [3.05, 3.63) is 107 Å². The third-order valence-electron chi connectivity index (χ3n) is 6.57. The lowest BCUT2D eigenvalue weighted by Gasteiger charge is -2.33. The van der Waals surface area contributed by atoms with Crippen LogP contribution in [0.4, 0.5) is 0 Å². The van der Waals surface area contributed by atoms with Crippen molar-refractivity contribution in [3.8, 4) is 0 Å². The van der Waals surface area contributed by atoms with Crippen molar-refractivity contribution in [1.29, 1.82) is 0 Å². The smallest absolute Gasteiger partial charge is 0.173 e. The second-order valence-corrected chi connectivity index (χ2v) is 9.42. The van der Waals surface area contributed by atoms with Crippen LogP contribution >= 0.6 is 11.6 Å². The first-order chi connectivity index (χ1) is 16.8. The van der Waals surface area contributed by atoms with Crippen molar-refractivity contribution in [2.24, 2.45) is 0 Å². The number of rotatable bonds is 8. The molecule has 2 heterocycles. The molecule has 1 aliphatic carbocycles. The standard InChI is InChI=1S/C27H29ClN6/c28-24-15-13-23(14-16-24)26(27-30-31-32-34(27)25-11-5-2-6-12-25)33(19-21-8-3-1-4-9-21)20-22-10-7-17-29-18-22/h1,3-4,7-10,13-18,25-26H,2,5-6,11-12,19-20H2/t26-/m1/s1. The van der Waals surface area contributed by atoms with Crippen molar-refractivity contribution in [1.82, 2.24) is 30.1 Å². The van der Waals surface area contributed by atoms with E-state index in [1.165, 1.54) is 24.8 Å². The molecule has 1 saturated carbocycles. The molecule has 0 N–H and O–H groups in total. The maximum Gasteiger partial charge on any atom is 0.173 e. The molecular formula is C27H29ClN6. The monoisotopic (exact) mass is 472 g/mol. The molecule has 0 aliphatic heterocycles. The van der Waals surface area contributed by atoms with E-state index in [9.17, 15) is 0 Å². The summed E-state index contributed by atoms with van der Waals surface area (Å²) in [6.07, 6.45) is 9.71. The van der Waals surface area contributed by atoms with Crippen LogP contribution in [0.1, 0.15) is 66.7 Å². The molecule has 174 valence electrons. The van der Waals surface area contributed by atoms with E-state index in [0.717, 1.165) is 41.4 Å². The number of benzene rings is 2. The van der Waals surface area contributed by atoms with Gasteiger partial charge in [0.05, 0.1) is 12.1 Å². The summed E-state index contributed by atoms with van der Waals surface area (Å²) in [5, 5.41) is 14.0. The molecule has 7 heteroatoms. The van der Waals surface area contributed by atoms with Crippen LogP contribution in [0, 0.1) is 0 Å². The van der Waals surface area contributed by atoms with E-state index >= 15 is 0 Å². The molecule has 1 aliphatic rings. The van der Waals surface area contributed by atoms with Gasteiger partial charge in [0.1, 0.15) is 0 Å². The summed E-state index contributed by atoms with van der Waals surface area (Å²) in [4.78, 5) is 6.78. The normalized spacial score (nSPS) is 15.5. The van der Waals surface area contributed by atoms with E-state index < -0.39 is 0 Å². The second-order valence-electron chi connectivity index (χ2n) is 8.98.